The lowest BCUT2D eigenvalue weighted by Gasteiger charge is -2.34. The summed E-state index contributed by atoms with van der Waals surface area (Å²) in [6.45, 7) is 11.7. The summed E-state index contributed by atoms with van der Waals surface area (Å²) in [6, 6.07) is 9.73. The van der Waals surface area contributed by atoms with Crippen LogP contribution in [0.5, 0.6) is 0 Å². The van der Waals surface area contributed by atoms with Gasteiger partial charge in [-0.25, -0.2) is 4.79 Å². The molecule has 0 saturated heterocycles. The van der Waals surface area contributed by atoms with Gasteiger partial charge in [-0.1, -0.05) is 71.0 Å². The fraction of sp³-hybridized carbons (Fsp3) is 0.577. The zero-order valence-corrected chi connectivity index (χ0v) is 21.1. The van der Waals surface area contributed by atoms with Crippen LogP contribution >= 0.6 is 0 Å². The number of rotatable bonds is 13. The molecule has 0 radical (unpaired) electrons. The monoisotopic (exact) mass is 460 g/mol. The van der Waals surface area contributed by atoms with Crippen LogP contribution in [0.1, 0.15) is 53.5 Å². The Morgan fingerprint density at radius 2 is 1.76 bits per heavy atom. The van der Waals surface area contributed by atoms with Crippen molar-refractivity contribution >= 4 is 17.8 Å². The van der Waals surface area contributed by atoms with Crippen LogP contribution in [-0.2, 0) is 24.5 Å². The molecule has 7 heteroatoms. The largest absolute Gasteiger partial charge is 0.480 e. The molecular formula is C26H40N2O5. The quantitative estimate of drug-likeness (QED) is 0.438. The zero-order valence-electron chi connectivity index (χ0n) is 21.1. The van der Waals surface area contributed by atoms with Crippen LogP contribution in [0.3, 0.4) is 0 Å². The fourth-order valence-electron chi connectivity index (χ4n) is 4.06. The maximum absolute atomic E-state index is 13.0. The third kappa shape index (κ3) is 8.65. The summed E-state index contributed by atoms with van der Waals surface area (Å²) >= 11 is 0. The molecule has 0 aliphatic heterocycles. The van der Waals surface area contributed by atoms with Gasteiger partial charge in [-0.3, -0.25) is 9.59 Å². The molecule has 7 nitrogen and oxygen atoms in total. The molecule has 0 aliphatic carbocycles. The minimum absolute atomic E-state index is 0.0810. The topological polar surface area (TPSA) is 95.9 Å². The van der Waals surface area contributed by atoms with Gasteiger partial charge in [0.05, 0.1) is 19.2 Å². The van der Waals surface area contributed by atoms with Crippen molar-refractivity contribution in [1.82, 2.24) is 10.2 Å². The van der Waals surface area contributed by atoms with Gasteiger partial charge in [-0.15, -0.1) is 0 Å². The molecule has 0 heterocycles. The van der Waals surface area contributed by atoms with E-state index < -0.39 is 5.97 Å². The van der Waals surface area contributed by atoms with Gasteiger partial charge in [0.2, 0.25) is 11.8 Å². The minimum atomic E-state index is -1.02. The molecule has 0 aromatic heterocycles. The molecule has 184 valence electrons. The Kier molecular flexibility index (Phi) is 11.3. The van der Waals surface area contributed by atoms with Gasteiger partial charge in [-0.05, 0) is 30.4 Å². The summed E-state index contributed by atoms with van der Waals surface area (Å²) in [5, 5.41) is 11.5. The van der Waals surface area contributed by atoms with E-state index in [0.29, 0.717) is 6.42 Å². The number of carbonyl (C=O) groups excluding carboxylic acids is 2. The molecule has 0 fully saturated rings. The third-order valence-corrected chi connectivity index (χ3v) is 6.06. The molecule has 0 bridgehead atoms. The van der Waals surface area contributed by atoms with E-state index in [1.165, 1.54) is 0 Å². The van der Waals surface area contributed by atoms with Crippen LogP contribution in [0, 0.1) is 11.8 Å². The number of carboxylic acids is 1. The molecule has 0 aliphatic rings. The SMILES string of the molecule is CC[C@H](C(=O)NCC(=O)N(C)[C@H](/C=C(\C)COCC(=O)O)C(C)C)C(C)(C)c1ccccc1. The highest BCUT2D eigenvalue weighted by atomic mass is 16.5. The first kappa shape index (κ1) is 28.4. The summed E-state index contributed by atoms with van der Waals surface area (Å²) in [5.41, 5.74) is 1.56. The van der Waals surface area contributed by atoms with Crippen molar-refractivity contribution in [2.24, 2.45) is 11.8 Å². The van der Waals surface area contributed by atoms with Crippen molar-refractivity contribution in [3.8, 4) is 0 Å². The van der Waals surface area contributed by atoms with Gasteiger partial charge in [0, 0.05) is 18.4 Å². The molecule has 2 atom stereocenters. The highest BCUT2D eigenvalue weighted by molar-refractivity contribution is 5.86. The van der Waals surface area contributed by atoms with Crippen molar-refractivity contribution < 1.29 is 24.2 Å². The lowest BCUT2D eigenvalue weighted by molar-refractivity contribution is -0.141. The van der Waals surface area contributed by atoms with E-state index in [2.05, 4.69) is 19.2 Å². The Bertz CT molecular complexity index is 817. The molecule has 1 rings (SSSR count). The summed E-state index contributed by atoms with van der Waals surface area (Å²) in [4.78, 5) is 38.1. The predicted octanol–water partition coefficient (Wildman–Crippen LogP) is 3.64. The summed E-state index contributed by atoms with van der Waals surface area (Å²) < 4.78 is 5.14. The Labute approximate surface area is 198 Å². The standard InChI is InChI=1S/C26H40N2O5/c1-8-21(26(5,6)20-12-10-9-11-13-20)25(32)27-15-23(29)28(7)22(18(2)3)14-19(4)16-33-17-24(30)31/h9-14,18,21-22H,8,15-17H2,1-7H3,(H,27,32)(H,30,31)/b19-14+/t21-,22-/m1/s1. The van der Waals surface area contributed by atoms with Crippen LogP contribution in [0.4, 0.5) is 0 Å². The van der Waals surface area contributed by atoms with E-state index in [-0.39, 0.29) is 54.9 Å². The molecule has 0 saturated carbocycles. The average molecular weight is 461 g/mol. The first-order valence-corrected chi connectivity index (χ1v) is 11.5. The number of nitrogens with one attached hydrogen (secondary N) is 1. The minimum Gasteiger partial charge on any atom is -0.480 e. The third-order valence-electron chi connectivity index (χ3n) is 6.06. The van der Waals surface area contributed by atoms with Crippen molar-refractivity contribution in [2.75, 3.05) is 26.8 Å². The average Bonchev–Trinajstić information content (AvgIpc) is 2.75. The number of amides is 2. The molecular weight excluding hydrogens is 420 g/mol. The van der Waals surface area contributed by atoms with Gasteiger partial charge >= 0.3 is 5.97 Å². The van der Waals surface area contributed by atoms with Crippen molar-refractivity contribution in [2.45, 2.75) is 59.4 Å². The van der Waals surface area contributed by atoms with Gasteiger partial charge in [0.25, 0.3) is 0 Å². The van der Waals surface area contributed by atoms with Crippen molar-refractivity contribution in [3.05, 3.63) is 47.5 Å². The summed E-state index contributed by atoms with van der Waals surface area (Å²) in [5.74, 6) is -1.49. The second-order valence-electron chi connectivity index (χ2n) is 9.41. The van der Waals surface area contributed by atoms with E-state index in [1.807, 2.05) is 64.1 Å². The van der Waals surface area contributed by atoms with Gasteiger partial charge in [0.1, 0.15) is 6.61 Å². The van der Waals surface area contributed by atoms with Crippen LogP contribution in [-0.4, -0.2) is 60.6 Å². The maximum Gasteiger partial charge on any atom is 0.329 e. The number of carboxylic acid groups (broad SMARTS) is 1. The second-order valence-corrected chi connectivity index (χ2v) is 9.41. The molecule has 0 unspecified atom stereocenters. The van der Waals surface area contributed by atoms with E-state index in [1.54, 1.807) is 11.9 Å². The molecule has 33 heavy (non-hydrogen) atoms. The molecule has 2 amide bonds. The molecule has 0 spiro atoms. The normalized spacial score (nSPS) is 14.0. The van der Waals surface area contributed by atoms with Gasteiger partial charge < -0.3 is 20.1 Å². The fourth-order valence-corrected chi connectivity index (χ4v) is 4.06. The van der Waals surface area contributed by atoms with Crippen LogP contribution in [0.25, 0.3) is 0 Å². The number of hydrogen-bond acceptors (Lipinski definition) is 4. The molecule has 1 aromatic carbocycles. The molecule has 2 N–H and O–H groups in total. The highest BCUT2D eigenvalue weighted by Gasteiger charge is 2.35. The lowest BCUT2D eigenvalue weighted by atomic mass is 9.71. The van der Waals surface area contributed by atoms with E-state index in [9.17, 15) is 14.4 Å². The smallest absolute Gasteiger partial charge is 0.329 e. The number of ether oxygens (including phenoxy) is 1. The van der Waals surface area contributed by atoms with Crippen LogP contribution in [0.2, 0.25) is 0 Å². The first-order chi connectivity index (χ1) is 15.4. The Balaban J connectivity index is 2.80. The van der Waals surface area contributed by atoms with Crippen molar-refractivity contribution in [3.63, 3.8) is 0 Å². The van der Waals surface area contributed by atoms with E-state index in [4.69, 9.17) is 9.84 Å². The van der Waals surface area contributed by atoms with Crippen molar-refractivity contribution in [1.29, 1.82) is 0 Å². The maximum atomic E-state index is 13.0. The Morgan fingerprint density at radius 1 is 1.15 bits per heavy atom. The Hall–Kier alpha value is -2.67. The lowest BCUT2D eigenvalue weighted by Crippen LogP contribution is -2.47. The Morgan fingerprint density at radius 3 is 2.27 bits per heavy atom. The first-order valence-electron chi connectivity index (χ1n) is 11.5. The summed E-state index contributed by atoms with van der Waals surface area (Å²) in [6.07, 6.45) is 2.57. The van der Waals surface area contributed by atoms with Crippen LogP contribution in [0.15, 0.2) is 42.0 Å². The second kappa shape index (κ2) is 13.1. The summed E-state index contributed by atoms with van der Waals surface area (Å²) in [7, 11) is 1.71. The number of nitrogens with zero attached hydrogens (tertiary/aromatic N) is 1. The number of benzene rings is 1. The predicted molar refractivity (Wildman–Crippen MR) is 130 cm³/mol. The number of hydrogen-bond donors (Lipinski definition) is 2. The van der Waals surface area contributed by atoms with Crippen LogP contribution < -0.4 is 5.32 Å². The van der Waals surface area contributed by atoms with Gasteiger partial charge in [-0.2, -0.15) is 0 Å². The highest BCUT2D eigenvalue weighted by Crippen LogP contribution is 2.33. The number of aliphatic carboxylic acids is 1. The molecule has 1 aromatic rings. The zero-order chi connectivity index (χ0) is 25.2. The number of carbonyl (C=O) groups is 3. The number of likely N-dealkylation sites (N-methyl/N-ethyl adjacent to an activating group) is 1. The van der Waals surface area contributed by atoms with E-state index in [0.717, 1.165) is 11.1 Å². The van der Waals surface area contributed by atoms with E-state index >= 15 is 0 Å². The van der Waals surface area contributed by atoms with Gasteiger partial charge in [0.15, 0.2) is 0 Å².